The predicted octanol–water partition coefficient (Wildman–Crippen LogP) is 2.07. The Morgan fingerprint density at radius 1 is 1.12 bits per heavy atom. The van der Waals surface area contributed by atoms with E-state index in [1.807, 2.05) is 24.4 Å². The number of pyridine rings is 1. The molecule has 2 fully saturated rings. The number of hydrogen-bond acceptors (Lipinski definition) is 6. The van der Waals surface area contributed by atoms with Crippen LogP contribution in [-0.4, -0.2) is 82.6 Å². The van der Waals surface area contributed by atoms with Crippen molar-refractivity contribution in [1.82, 2.24) is 15.2 Å². The van der Waals surface area contributed by atoms with Gasteiger partial charge in [0.2, 0.25) is 5.91 Å². The molecule has 3 rings (SSSR count). The number of nitrogens with one attached hydrogen (secondary N) is 1. The number of hydrogen-bond donors (Lipinski definition) is 3. The highest BCUT2D eigenvalue weighted by molar-refractivity contribution is 5.78. The number of rotatable bonds is 3. The molecule has 9 nitrogen and oxygen atoms in total. The minimum absolute atomic E-state index is 0.0167. The Bertz CT molecular complexity index is 797. The monoisotopic (exact) mass is 503 g/mol. The standard InChI is InChI=1S/C15H21N3O2.2C2HF3O2/c1-16-15(19)11-8-14-13(5-7-20-14)18(9-11)10-12-4-2-3-6-17-12;2*3-2(4,5)1(6)7/h2-4,6,11,13-14H,5,7-10H2,1H3,(H,16,19);2*(H,6,7)/t11-,13+,14+;;/m0../s1. The number of halogens is 6. The van der Waals surface area contributed by atoms with Crippen LogP contribution < -0.4 is 5.32 Å². The molecule has 2 aliphatic rings. The molecular formula is C19H23F6N3O6. The number of nitrogens with zero attached hydrogens (tertiary/aromatic N) is 2. The summed E-state index contributed by atoms with van der Waals surface area (Å²) in [6, 6.07) is 6.39. The average molecular weight is 503 g/mol. The molecule has 0 aliphatic carbocycles. The van der Waals surface area contributed by atoms with E-state index in [0.29, 0.717) is 6.04 Å². The minimum Gasteiger partial charge on any atom is -0.475 e. The molecule has 1 amide bonds. The van der Waals surface area contributed by atoms with E-state index in [1.165, 1.54) is 0 Å². The second kappa shape index (κ2) is 12.5. The lowest BCUT2D eigenvalue weighted by molar-refractivity contribution is -0.193. The van der Waals surface area contributed by atoms with Gasteiger partial charge >= 0.3 is 24.3 Å². The van der Waals surface area contributed by atoms with Crippen molar-refractivity contribution >= 4 is 17.8 Å². The quantitative estimate of drug-likeness (QED) is 0.535. The summed E-state index contributed by atoms with van der Waals surface area (Å²) in [4.78, 5) is 36.5. The van der Waals surface area contributed by atoms with Gasteiger partial charge in [-0.2, -0.15) is 26.3 Å². The lowest BCUT2D eigenvalue weighted by atomic mass is 9.89. The molecule has 15 heteroatoms. The van der Waals surface area contributed by atoms with E-state index in [-0.39, 0.29) is 17.9 Å². The molecule has 0 radical (unpaired) electrons. The molecule has 34 heavy (non-hydrogen) atoms. The number of aliphatic carboxylic acids is 2. The van der Waals surface area contributed by atoms with Crippen molar-refractivity contribution in [3.8, 4) is 0 Å². The van der Waals surface area contributed by atoms with Crippen LogP contribution in [0.4, 0.5) is 26.3 Å². The number of ether oxygens (including phenoxy) is 1. The number of carboxylic acids is 2. The number of carboxylic acid groups (broad SMARTS) is 2. The van der Waals surface area contributed by atoms with Gasteiger partial charge in [0, 0.05) is 39.0 Å². The summed E-state index contributed by atoms with van der Waals surface area (Å²) in [5.41, 5.74) is 1.05. The number of amides is 1. The third-order valence-corrected chi connectivity index (χ3v) is 4.81. The second-order valence-electron chi connectivity index (χ2n) is 7.17. The fourth-order valence-electron chi connectivity index (χ4n) is 3.33. The SMILES string of the molecule is CNC(=O)[C@H]1C[C@H]2OCC[C@H]2N(Cc2ccccn2)C1.O=C(O)C(F)(F)F.O=C(O)C(F)(F)F. The Kier molecular flexibility index (Phi) is 10.7. The van der Waals surface area contributed by atoms with E-state index in [1.54, 1.807) is 7.05 Å². The zero-order valence-corrected chi connectivity index (χ0v) is 17.8. The van der Waals surface area contributed by atoms with Crippen LogP contribution in [0.5, 0.6) is 0 Å². The third kappa shape index (κ3) is 9.51. The molecule has 3 heterocycles. The van der Waals surface area contributed by atoms with Gasteiger partial charge in [-0.1, -0.05) is 6.07 Å². The van der Waals surface area contributed by atoms with Gasteiger partial charge in [-0.25, -0.2) is 9.59 Å². The fourth-order valence-corrected chi connectivity index (χ4v) is 3.33. The van der Waals surface area contributed by atoms with Crippen molar-refractivity contribution in [3.63, 3.8) is 0 Å². The van der Waals surface area contributed by atoms with Crippen LogP contribution in [-0.2, 0) is 25.7 Å². The molecule has 2 saturated heterocycles. The first-order valence-corrected chi connectivity index (χ1v) is 9.74. The summed E-state index contributed by atoms with van der Waals surface area (Å²) in [6.45, 7) is 2.38. The lowest BCUT2D eigenvalue weighted by Gasteiger charge is -2.39. The number of alkyl halides is 6. The van der Waals surface area contributed by atoms with Crippen molar-refractivity contribution in [1.29, 1.82) is 0 Å². The van der Waals surface area contributed by atoms with Crippen LogP contribution in [0.2, 0.25) is 0 Å². The number of carbonyl (C=O) groups excluding carboxylic acids is 1. The Labute approximate surface area is 189 Å². The molecule has 1 aromatic heterocycles. The van der Waals surface area contributed by atoms with Gasteiger partial charge in [-0.05, 0) is 25.0 Å². The van der Waals surface area contributed by atoms with Crippen molar-refractivity contribution in [2.75, 3.05) is 20.2 Å². The molecule has 0 spiro atoms. The van der Waals surface area contributed by atoms with Gasteiger partial charge in [-0.3, -0.25) is 14.7 Å². The molecule has 0 aromatic carbocycles. The lowest BCUT2D eigenvalue weighted by Crippen LogP contribution is -2.52. The van der Waals surface area contributed by atoms with Crippen LogP contribution in [0.15, 0.2) is 24.4 Å². The summed E-state index contributed by atoms with van der Waals surface area (Å²) in [7, 11) is 1.70. The van der Waals surface area contributed by atoms with E-state index in [4.69, 9.17) is 24.5 Å². The predicted molar refractivity (Wildman–Crippen MR) is 102 cm³/mol. The topological polar surface area (TPSA) is 129 Å². The highest BCUT2D eigenvalue weighted by Crippen LogP contribution is 2.32. The first kappa shape index (κ1) is 29.1. The molecule has 3 atom stereocenters. The van der Waals surface area contributed by atoms with Crippen LogP contribution in [0, 0.1) is 5.92 Å². The van der Waals surface area contributed by atoms with Gasteiger partial charge in [0.15, 0.2) is 0 Å². The van der Waals surface area contributed by atoms with Gasteiger partial charge in [-0.15, -0.1) is 0 Å². The maximum atomic E-state index is 11.9. The van der Waals surface area contributed by atoms with E-state index in [0.717, 1.165) is 38.2 Å². The first-order chi connectivity index (χ1) is 15.7. The summed E-state index contributed by atoms with van der Waals surface area (Å²) in [5.74, 6) is -5.38. The van der Waals surface area contributed by atoms with Crippen LogP contribution in [0.3, 0.4) is 0 Å². The second-order valence-corrected chi connectivity index (χ2v) is 7.17. The average Bonchev–Trinajstić information content (AvgIpc) is 3.22. The van der Waals surface area contributed by atoms with Gasteiger partial charge in [0.05, 0.1) is 17.7 Å². The molecule has 192 valence electrons. The van der Waals surface area contributed by atoms with E-state index < -0.39 is 24.3 Å². The molecule has 0 saturated carbocycles. The van der Waals surface area contributed by atoms with Crippen LogP contribution >= 0.6 is 0 Å². The number of fused-ring (bicyclic) bond motifs is 1. The summed E-state index contributed by atoms with van der Waals surface area (Å²) in [6.07, 6.45) is -6.27. The van der Waals surface area contributed by atoms with Crippen LogP contribution in [0.1, 0.15) is 18.5 Å². The normalized spacial score (nSPS) is 22.3. The first-order valence-electron chi connectivity index (χ1n) is 9.74. The number of likely N-dealkylation sites (tertiary alicyclic amines) is 1. The Morgan fingerprint density at radius 3 is 2.12 bits per heavy atom. The Morgan fingerprint density at radius 2 is 1.68 bits per heavy atom. The van der Waals surface area contributed by atoms with Gasteiger partial charge < -0.3 is 20.3 Å². The van der Waals surface area contributed by atoms with E-state index in [9.17, 15) is 31.1 Å². The van der Waals surface area contributed by atoms with E-state index >= 15 is 0 Å². The third-order valence-electron chi connectivity index (χ3n) is 4.81. The van der Waals surface area contributed by atoms with Gasteiger partial charge in [0.1, 0.15) is 0 Å². The highest BCUT2D eigenvalue weighted by Gasteiger charge is 2.42. The summed E-state index contributed by atoms with van der Waals surface area (Å²) < 4.78 is 69.3. The fraction of sp³-hybridized carbons (Fsp3) is 0.579. The Hall–Kier alpha value is -2.94. The van der Waals surface area contributed by atoms with Crippen molar-refractivity contribution in [2.45, 2.75) is 43.9 Å². The summed E-state index contributed by atoms with van der Waals surface area (Å²) >= 11 is 0. The maximum Gasteiger partial charge on any atom is 0.490 e. The zero-order valence-electron chi connectivity index (χ0n) is 17.8. The Balaban J connectivity index is 0.000000343. The maximum absolute atomic E-state index is 11.9. The molecule has 1 aromatic rings. The van der Waals surface area contributed by atoms with Crippen molar-refractivity contribution < 1.29 is 55.7 Å². The summed E-state index contributed by atoms with van der Waals surface area (Å²) in [5, 5.41) is 17.0. The van der Waals surface area contributed by atoms with Crippen LogP contribution in [0.25, 0.3) is 0 Å². The molecular weight excluding hydrogens is 480 g/mol. The smallest absolute Gasteiger partial charge is 0.475 e. The highest BCUT2D eigenvalue weighted by atomic mass is 19.4. The van der Waals surface area contributed by atoms with Crippen molar-refractivity contribution in [3.05, 3.63) is 30.1 Å². The van der Waals surface area contributed by atoms with Crippen molar-refractivity contribution in [2.24, 2.45) is 5.92 Å². The minimum atomic E-state index is -5.08. The van der Waals surface area contributed by atoms with Gasteiger partial charge in [0.25, 0.3) is 0 Å². The number of piperidine rings is 1. The molecule has 3 N–H and O–H groups in total. The largest absolute Gasteiger partial charge is 0.490 e. The zero-order chi connectivity index (χ0) is 26.1. The number of carbonyl (C=O) groups is 3. The molecule has 0 bridgehead atoms. The molecule has 0 unspecified atom stereocenters. The molecule has 2 aliphatic heterocycles. The van der Waals surface area contributed by atoms with E-state index in [2.05, 4.69) is 15.2 Å². The number of aromatic nitrogens is 1.